The summed E-state index contributed by atoms with van der Waals surface area (Å²) in [4.78, 5) is 0. The van der Waals surface area contributed by atoms with Gasteiger partial charge >= 0.3 is 0 Å². The van der Waals surface area contributed by atoms with Crippen LogP contribution in [-0.2, 0) is 0 Å². The highest BCUT2D eigenvalue weighted by Crippen LogP contribution is 2.40. The van der Waals surface area contributed by atoms with E-state index >= 15 is 0 Å². The Bertz CT molecular complexity index is 829. The third kappa shape index (κ3) is 2.74. The fourth-order valence-corrected chi connectivity index (χ4v) is 2.79. The zero-order chi connectivity index (χ0) is 16.6. The van der Waals surface area contributed by atoms with Gasteiger partial charge in [0.1, 0.15) is 11.4 Å². The molecule has 0 bridgehead atoms. The third-order valence-electron chi connectivity index (χ3n) is 4.10. The molecule has 0 aliphatic carbocycles. The van der Waals surface area contributed by atoms with Crippen LogP contribution in [-0.4, -0.2) is 14.9 Å². The van der Waals surface area contributed by atoms with E-state index in [0.29, 0.717) is 5.69 Å². The Kier molecular flexibility index (Phi) is 3.95. The van der Waals surface area contributed by atoms with Gasteiger partial charge in [0.05, 0.1) is 0 Å². The number of aromatic nitrogens is 2. The first kappa shape index (κ1) is 15.3. The van der Waals surface area contributed by atoms with Crippen LogP contribution < -0.4 is 0 Å². The number of aromatic hydroxyl groups is 1. The van der Waals surface area contributed by atoms with Crippen molar-refractivity contribution in [3.05, 3.63) is 59.7 Å². The number of aryl methyl sites for hydroxylation is 2. The molecule has 0 radical (unpaired) electrons. The molecule has 3 rings (SSSR count). The van der Waals surface area contributed by atoms with Gasteiger partial charge in [-0.2, -0.15) is 5.10 Å². The first-order chi connectivity index (χ1) is 11.0. The van der Waals surface area contributed by atoms with Crippen molar-refractivity contribution in [2.24, 2.45) is 0 Å². The zero-order valence-corrected chi connectivity index (χ0v) is 14.0. The predicted molar refractivity (Wildman–Crippen MR) is 94.6 cm³/mol. The van der Waals surface area contributed by atoms with Crippen LogP contribution in [0, 0.1) is 13.8 Å². The smallest absolute Gasteiger partial charge is 0.169 e. The summed E-state index contributed by atoms with van der Waals surface area (Å²) in [6.07, 6.45) is 0. The van der Waals surface area contributed by atoms with E-state index in [1.807, 2.05) is 47.1 Å². The minimum Gasteiger partial charge on any atom is -0.504 e. The van der Waals surface area contributed by atoms with Crippen LogP contribution in [0.2, 0.25) is 0 Å². The van der Waals surface area contributed by atoms with Gasteiger partial charge in [-0.05, 0) is 33.3 Å². The first-order valence-electron chi connectivity index (χ1n) is 7.93. The Hall–Kier alpha value is -2.55. The monoisotopic (exact) mass is 306 g/mol. The Morgan fingerprint density at radius 3 is 2.22 bits per heavy atom. The quantitative estimate of drug-likeness (QED) is 0.729. The number of benzene rings is 2. The molecule has 118 valence electrons. The lowest BCUT2D eigenvalue weighted by molar-refractivity contribution is 0.474. The lowest BCUT2D eigenvalue weighted by atomic mass is 10.0. The predicted octanol–water partition coefficient (Wildman–Crippen LogP) is 5.12. The SMILES string of the molecule is Cc1ccc(-c2nn(C(C)C)c(-c3ccccc3C)c2O)cc1. The van der Waals surface area contributed by atoms with E-state index in [9.17, 15) is 5.11 Å². The molecule has 2 aromatic carbocycles. The maximum absolute atomic E-state index is 10.9. The topological polar surface area (TPSA) is 38.0 Å². The summed E-state index contributed by atoms with van der Waals surface area (Å²) in [7, 11) is 0. The van der Waals surface area contributed by atoms with Gasteiger partial charge in [-0.15, -0.1) is 0 Å². The second-order valence-corrected chi connectivity index (χ2v) is 6.27. The largest absolute Gasteiger partial charge is 0.504 e. The number of hydrogen-bond acceptors (Lipinski definition) is 2. The van der Waals surface area contributed by atoms with Gasteiger partial charge in [0.25, 0.3) is 0 Å². The van der Waals surface area contributed by atoms with Gasteiger partial charge in [0.15, 0.2) is 5.75 Å². The van der Waals surface area contributed by atoms with E-state index in [-0.39, 0.29) is 11.8 Å². The molecule has 0 spiro atoms. The molecule has 23 heavy (non-hydrogen) atoms. The number of rotatable bonds is 3. The van der Waals surface area contributed by atoms with Crippen LogP contribution >= 0.6 is 0 Å². The molecule has 0 unspecified atom stereocenters. The maximum atomic E-state index is 10.9. The summed E-state index contributed by atoms with van der Waals surface area (Å²) in [5.74, 6) is 0.247. The lowest BCUT2D eigenvalue weighted by Crippen LogP contribution is -2.05. The van der Waals surface area contributed by atoms with E-state index in [1.54, 1.807) is 0 Å². The van der Waals surface area contributed by atoms with Gasteiger partial charge in [-0.1, -0.05) is 54.1 Å². The highest BCUT2D eigenvalue weighted by Gasteiger charge is 2.22. The highest BCUT2D eigenvalue weighted by molar-refractivity contribution is 5.79. The van der Waals surface area contributed by atoms with E-state index in [2.05, 4.69) is 33.8 Å². The molecule has 3 nitrogen and oxygen atoms in total. The van der Waals surface area contributed by atoms with Crippen LogP contribution in [0.3, 0.4) is 0 Å². The summed E-state index contributed by atoms with van der Waals surface area (Å²) in [5.41, 5.74) is 5.69. The van der Waals surface area contributed by atoms with E-state index in [0.717, 1.165) is 22.4 Å². The van der Waals surface area contributed by atoms with Crippen molar-refractivity contribution in [2.75, 3.05) is 0 Å². The van der Waals surface area contributed by atoms with Crippen molar-refractivity contribution >= 4 is 0 Å². The molecule has 3 heteroatoms. The average molecular weight is 306 g/mol. The van der Waals surface area contributed by atoms with Gasteiger partial charge in [-0.25, -0.2) is 0 Å². The average Bonchev–Trinajstić information content (AvgIpc) is 2.86. The molecular formula is C20H22N2O. The molecule has 0 amide bonds. The second-order valence-electron chi connectivity index (χ2n) is 6.27. The molecule has 3 aromatic rings. The Labute approximate surface area is 137 Å². The van der Waals surface area contributed by atoms with Crippen molar-refractivity contribution < 1.29 is 5.11 Å². The van der Waals surface area contributed by atoms with E-state index in [4.69, 9.17) is 5.10 Å². The van der Waals surface area contributed by atoms with E-state index in [1.165, 1.54) is 5.56 Å². The van der Waals surface area contributed by atoms with E-state index < -0.39 is 0 Å². The molecule has 0 aliphatic rings. The number of nitrogens with zero attached hydrogens (tertiary/aromatic N) is 2. The van der Waals surface area contributed by atoms with Gasteiger partial charge in [0, 0.05) is 17.2 Å². The summed E-state index contributed by atoms with van der Waals surface area (Å²) in [5, 5.41) is 15.6. The lowest BCUT2D eigenvalue weighted by Gasteiger charge is -2.12. The molecule has 1 heterocycles. The first-order valence-corrected chi connectivity index (χ1v) is 7.93. The Morgan fingerprint density at radius 1 is 0.957 bits per heavy atom. The summed E-state index contributed by atoms with van der Waals surface area (Å²) in [6.45, 7) is 8.26. The fourth-order valence-electron chi connectivity index (χ4n) is 2.79. The Morgan fingerprint density at radius 2 is 1.61 bits per heavy atom. The fraction of sp³-hybridized carbons (Fsp3) is 0.250. The van der Waals surface area contributed by atoms with Gasteiger partial charge in [0.2, 0.25) is 0 Å². The molecule has 0 aliphatic heterocycles. The normalized spacial score (nSPS) is 11.2. The summed E-state index contributed by atoms with van der Waals surface area (Å²) in [6, 6.07) is 16.3. The van der Waals surface area contributed by atoms with Crippen LogP contribution in [0.1, 0.15) is 31.0 Å². The maximum Gasteiger partial charge on any atom is 0.169 e. The molecule has 1 N–H and O–H groups in total. The van der Waals surface area contributed by atoms with Crippen molar-refractivity contribution in [3.8, 4) is 28.3 Å². The third-order valence-corrected chi connectivity index (χ3v) is 4.10. The van der Waals surface area contributed by atoms with Crippen LogP contribution in [0.15, 0.2) is 48.5 Å². The minimum atomic E-state index is 0.162. The molecule has 1 aromatic heterocycles. The molecule has 0 saturated heterocycles. The zero-order valence-electron chi connectivity index (χ0n) is 14.0. The van der Waals surface area contributed by atoms with Crippen LogP contribution in [0.4, 0.5) is 0 Å². The van der Waals surface area contributed by atoms with Crippen molar-refractivity contribution in [1.82, 2.24) is 9.78 Å². The highest BCUT2D eigenvalue weighted by atomic mass is 16.3. The second kappa shape index (κ2) is 5.92. The van der Waals surface area contributed by atoms with Crippen molar-refractivity contribution in [1.29, 1.82) is 0 Å². The van der Waals surface area contributed by atoms with Crippen molar-refractivity contribution in [2.45, 2.75) is 33.7 Å². The summed E-state index contributed by atoms with van der Waals surface area (Å²) < 4.78 is 1.91. The standard InChI is InChI=1S/C20H22N2O/c1-13(2)22-19(17-8-6-5-7-15(17)4)20(23)18(21-22)16-11-9-14(3)10-12-16/h5-13,23H,1-4H3. The molecule has 0 atom stereocenters. The Balaban J connectivity index is 2.24. The number of hydrogen-bond donors (Lipinski definition) is 1. The van der Waals surface area contributed by atoms with Gasteiger partial charge in [-0.3, -0.25) is 4.68 Å². The minimum absolute atomic E-state index is 0.162. The molecule has 0 fully saturated rings. The summed E-state index contributed by atoms with van der Waals surface area (Å²) >= 11 is 0. The van der Waals surface area contributed by atoms with Crippen molar-refractivity contribution in [3.63, 3.8) is 0 Å². The molecular weight excluding hydrogens is 284 g/mol. The van der Waals surface area contributed by atoms with Gasteiger partial charge < -0.3 is 5.11 Å². The van der Waals surface area contributed by atoms with Crippen LogP contribution in [0.25, 0.3) is 22.5 Å². The van der Waals surface area contributed by atoms with Crippen LogP contribution in [0.5, 0.6) is 5.75 Å². The molecule has 0 saturated carbocycles.